The van der Waals surface area contributed by atoms with E-state index in [-0.39, 0.29) is 0 Å². The van der Waals surface area contributed by atoms with E-state index in [9.17, 15) is 9.90 Å². The first-order valence-corrected chi connectivity index (χ1v) is 6.02. The zero-order valence-corrected chi connectivity index (χ0v) is 10.8. The summed E-state index contributed by atoms with van der Waals surface area (Å²) in [6, 6.07) is 1.95. The molecule has 0 aliphatic carbocycles. The molecule has 0 amide bonds. The molecular formula is C10H13BrO2S. The SMILES string of the molecule is CCC(C)(C(=O)O)c1cc(C)sc1Br. The van der Waals surface area contributed by atoms with E-state index in [1.54, 1.807) is 18.3 Å². The van der Waals surface area contributed by atoms with Gasteiger partial charge in [0.1, 0.15) is 0 Å². The van der Waals surface area contributed by atoms with Crippen molar-refractivity contribution in [3.05, 3.63) is 20.3 Å². The topological polar surface area (TPSA) is 37.3 Å². The molecule has 0 bridgehead atoms. The maximum absolute atomic E-state index is 11.2. The van der Waals surface area contributed by atoms with Crippen LogP contribution in [0.4, 0.5) is 0 Å². The number of thiophene rings is 1. The highest BCUT2D eigenvalue weighted by Crippen LogP contribution is 2.38. The molecule has 0 aliphatic heterocycles. The van der Waals surface area contributed by atoms with Crippen molar-refractivity contribution in [3.8, 4) is 0 Å². The fourth-order valence-corrected chi connectivity index (χ4v) is 3.49. The lowest BCUT2D eigenvalue weighted by Crippen LogP contribution is -2.31. The van der Waals surface area contributed by atoms with E-state index in [4.69, 9.17) is 0 Å². The van der Waals surface area contributed by atoms with Gasteiger partial charge in [-0.1, -0.05) is 6.92 Å². The Labute approximate surface area is 96.1 Å². The van der Waals surface area contributed by atoms with Gasteiger partial charge in [0.2, 0.25) is 0 Å². The third-order valence-corrected chi connectivity index (χ3v) is 4.34. The van der Waals surface area contributed by atoms with Crippen LogP contribution >= 0.6 is 27.3 Å². The summed E-state index contributed by atoms with van der Waals surface area (Å²) in [5, 5.41) is 9.20. The quantitative estimate of drug-likeness (QED) is 0.917. The number of carboxylic acid groups (broad SMARTS) is 1. The lowest BCUT2D eigenvalue weighted by Gasteiger charge is -2.22. The minimum atomic E-state index is -0.774. The number of carboxylic acids is 1. The van der Waals surface area contributed by atoms with Crippen molar-refractivity contribution in [2.24, 2.45) is 0 Å². The van der Waals surface area contributed by atoms with Crippen molar-refractivity contribution in [1.29, 1.82) is 0 Å². The highest BCUT2D eigenvalue weighted by Gasteiger charge is 2.35. The number of aliphatic carboxylic acids is 1. The Bertz CT molecular complexity index is 359. The van der Waals surface area contributed by atoms with Crippen LogP contribution in [-0.4, -0.2) is 11.1 Å². The van der Waals surface area contributed by atoms with E-state index in [1.165, 1.54) is 0 Å². The van der Waals surface area contributed by atoms with Crippen LogP contribution in [0.5, 0.6) is 0 Å². The molecule has 1 N–H and O–H groups in total. The van der Waals surface area contributed by atoms with Gasteiger partial charge < -0.3 is 5.11 Å². The Hall–Kier alpha value is -0.350. The third-order valence-electron chi connectivity index (χ3n) is 2.58. The second-order valence-corrected chi connectivity index (χ2v) is 6.11. The number of rotatable bonds is 3. The molecule has 0 saturated heterocycles. The number of hydrogen-bond acceptors (Lipinski definition) is 2. The van der Waals surface area contributed by atoms with E-state index in [2.05, 4.69) is 15.9 Å². The van der Waals surface area contributed by atoms with E-state index < -0.39 is 11.4 Å². The number of aryl methyl sites for hydroxylation is 1. The van der Waals surface area contributed by atoms with Crippen LogP contribution in [0.1, 0.15) is 30.7 Å². The molecule has 4 heteroatoms. The van der Waals surface area contributed by atoms with Gasteiger partial charge in [-0.05, 0) is 47.8 Å². The van der Waals surface area contributed by atoms with Crippen molar-refractivity contribution >= 4 is 33.2 Å². The Balaban J connectivity index is 3.25. The van der Waals surface area contributed by atoms with Gasteiger partial charge in [0.25, 0.3) is 0 Å². The highest BCUT2D eigenvalue weighted by molar-refractivity contribution is 9.11. The van der Waals surface area contributed by atoms with Crippen LogP contribution in [-0.2, 0) is 10.2 Å². The van der Waals surface area contributed by atoms with E-state index in [0.29, 0.717) is 6.42 Å². The molecule has 1 heterocycles. The fourth-order valence-electron chi connectivity index (χ4n) is 1.32. The molecule has 78 valence electrons. The maximum atomic E-state index is 11.2. The van der Waals surface area contributed by atoms with Gasteiger partial charge in [0.05, 0.1) is 9.20 Å². The van der Waals surface area contributed by atoms with Crippen LogP contribution in [0, 0.1) is 6.92 Å². The molecule has 2 nitrogen and oxygen atoms in total. The van der Waals surface area contributed by atoms with Gasteiger partial charge >= 0.3 is 5.97 Å². The van der Waals surface area contributed by atoms with Crippen molar-refractivity contribution in [3.63, 3.8) is 0 Å². The van der Waals surface area contributed by atoms with Crippen LogP contribution in [0.25, 0.3) is 0 Å². The predicted octanol–water partition coefficient (Wildman–Crippen LogP) is 3.57. The molecule has 0 saturated carbocycles. The summed E-state index contributed by atoms with van der Waals surface area (Å²) in [5.74, 6) is -0.765. The minimum absolute atomic E-state index is 0.594. The molecule has 0 radical (unpaired) electrons. The van der Waals surface area contributed by atoms with Crippen molar-refractivity contribution in [2.75, 3.05) is 0 Å². The molecule has 1 atom stereocenters. The monoisotopic (exact) mass is 276 g/mol. The summed E-state index contributed by atoms with van der Waals surface area (Å²) in [6.07, 6.45) is 0.594. The van der Waals surface area contributed by atoms with Gasteiger partial charge in [0, 0.05) is 4.88 Å². The molecule has 1 aromatic heterocycles. The summed E-state index contributed by atoms with van der Waals surface area (Å²) in [4.78, 5) is 12.3. The lowest BCUT2D eigenvalue weighted by atomic mass is 9.82. The first-order chi connectivity index (χ1) is 6.41. The first-order valence-electron chi connectivity index (χ1n) is 4.41. The normalized spacial score (nSPS) is 15.1. The van der Waals surface area contributed by atoms with Gasteiger partial charge in [-0.2, -0.15) is 0 Å². The van der Waals surface area contributed by atoms with Crippen molar-refractivity contribution < 1.29 is 9.90 Å². The van der Waals surface area contributed by atoms with Crippen LogP contribution in [0.15, 0.2) is 9.85 Å². The summed E-state index contributed by atoms with van der Waals surface area (Å²) in [5.41, 5.74) is 0.110. The number of hydrogen-bond donors (Lipinski definition) is 1. The summed E-state index contributed by atoms with van der Waals surface area (Å²) in [7, 11) is 0. The second kappa shape index (κ2) is 4.03. The molecular weight excluding hydrogens is 264 g/mol. The molecule has 0 fully saturated rings. The lowest BCUT2D eigenvalue weighted by molar-refractivity contribution is -0.143. The Morgan fingerprint density at radius 3 is 2.57 bits per heavy atom. The summed E-state index contributed by atoms with van der Waals surface area (Å²) >= 11 is 5.00. The molecule has 0 aromatic carbocycles. The maximum Gasteiger partial charge on any atom is 0.313 e. The summed E-state index contributed by atoms with van der Waals surface area (Å²) in [6.45, 7) is 5.64. The average Bonchev–Trinajstić information content (AvgIpc) is 2.44. The first kappa shape index (κ1) is 11.7. The molecule has 0 aliphatic rings. The highest BCUT2D eigenvalue weighted by atomic mass is 79.9. The predicted molar refractivity (Wildman–Crippen MR) is 62.0 cm³/mol. The second-order valence-electron chi connectivity index (χ2n) is 3.54. The van der Waals surface area contributed by atoms with E-state index >= 15 is 0 Å². The van der Waals surface area contributed by atoms with Gasteiger partial charge in [-0.25, -0.2) is 0 Å². The van der Waals surface area contributed by atoms with Gasteiger partial charge in [0.15, 0.2) is 0 Å². The zero-order valence-electron chi connectivity index (χ0n) is 8.43. The Kier molecular flexibility index (Phi) is 3.37. The van der Waals surface area contributed by atoms with Crippen molar-refractivity contribution in [1.82, 2.24) is 0 Å². The van der Waals surface area contributed by atoms with Crippen molar-refractivity contribution in [2.45, 2.75) is 32.6 Å². The van der Waals surface area contributed by atoms with Crippen LogP contribution in [0.2, 0.25) is 0 Å². The number of carbonyl (C=O) groups is 1. The fraction of sp³-hybridized carbons (Fsp3) is 0.500. The molecule has 1 aromatic rings. The smallest absolute Gasteiger partial charge is 0.313 e. The van der Waals surface area contributed by atoms with E-state index in [0.717, 1.165) is 14.2 Å². The van der Waals surface area contributed by atoms with Gasteiger partial charge in [-0.15, -0.1) is 11.3 Å². The molecule has 1 rings (SSSR count). The molecule has 0 spiro atoms. The minimum Gasteiger partial charge on any atom is -0.481 e. The molecule has 1 unspecified atom stereocenters. The zero-order chi connectivity index (χ0) is 10.9. The largest absolute Gasteiger partial charge is 0.481 e. The van der Waals surface area contributed by atoms with Crippen LogP contribution < -0.4 is 0 Å². The summed E-state index contributed by atoms with van der Waals surface area (Å²) < 4.78 is 0.932. The average molecular weight is 277 g/mol. The van der Waals surface area contributed by atoms with Gasteiger partial charge in [-0.3, -0.25) is 4.79 Å². The van der Waals surface area contributed by atoms with E-state index in [1.807, 2.05) is 19.9 Å². The Morgan fingerprint density at radius 1 is 1.71 bits per heavy atom. The third kappa shape index (κ3) is 1.86. The standard InChI is InChI=1S/C10H13BrO2S/c1-4-10(3,9(12)13)7-5-6(2)14-8(7)11/h5H,4H2,1-3H3,(H,12,13). The van der Waals surface area contributed by atoms with Crippen LogP contribution in [0.3, 0.4) is 0 Å². The Morgan fingerprint density at radius 2 is 2.29 bits per heavy atom. The molecule has 14 heavy (non-hydrogen) atoms. The number of halogens is 1.